The predicted octanol–water partition coefficient (Wildman–Crippen LogP) is 3.05. The van der Waals surface area contributed by atoms with Crippen LogP contribution in [0.25, 0.3) is 0 Å². The molecule has 1 fully saturated rings. The Morgan fingerprint density at radius 1 is 1.24 bits per heavy atom. The fourth-order valence-corrected chi connectivity index (χ4v) is 2.67. The zero-order chi connectivity index (χ0) is 15.5. The van der Waals surface area contributed by atoms with Crippen molar-refractivity contribution in [1.29, 1.82) is 0 Å². The maximum atomic E-state index is 12.2. The quantitative estimate of drug-likeness (QED) is 0.508. The number of hydrogen-bond donors (Lipinski definition) is 2. The van der Waals surface area contributed by atoms with Gasteiger partial charge in [0.2, 0.25) is 0 Å². The molecule has 0 aromatic carbocycles. The van der Waals surface area contributed by atoms with E-state index in [-0.39, 0.29) is 12.1 Å². The van der Waals surface area contributed by atoms with Crippen LogP contribution in [0.4, 0.5) is 4.79 Å². The fourth-order valence-electron chi connectivity index (χ4n) is 2.67. The molecule has 0 aromatic rings. The van der Waals surface area contributed by atoms with Gasteiger partial charge in [-0.15, -0.1) is 0 Å². The number of nitrogens with zero attached hydrogens (tertiary/aromatic N) is 1. The number of amides is 2. The molecular weight excluding hydrogens is 266 g/mol. The van der Waals surface area contributed by atoms with Crippen molar-refractivity contribution < 1.29 is 9.63 Å². The third-order valence-electron chi connectivity index (χ3n) is 3.89. The summed E-state index contributed by atoms with van der Waals surface area (Å²) in [6.45, 7) is 5.95. The van der Waals surface area contributed by atoms with Gasteiger partial charge in [-0.05, 0) is 52.0 Å². The molecule has 1 aliphatic carbocycles. The minimum Gasteiger partial charge on any atom is -0.334 e. The normalized spacial score (nSPS) is 16.2. The lowest BCUT2D eigenvalue weighted by Gasteiger charge is -2.27. The molecule has 2 amide bonds. The van der Waals surface area contributed by atoms with Crippen molar-refractivity contribution in [1.82, 2.24) is 10.4 Å². The Kier molecular flexibility index (Phi) is 9.42. The van der Waals surface area contributed by atoms with Gasteiger partial charge in [0.15, 0.2) is 0 Å². The Hall–Kier alpha value is -0.810. The van der Waals surface area contributed by atoms with E-state index in [1.54, 1.807) is 0 Å². The summed E-state index contributed by atoms with van der Waals surface area (Å²) < 4.78 is 0. The highest BCUT2D eigenvalue weighted by Gasteiger charge is 2.19. The smallest absolute Gasteiger partial charge is 0.334 e. The number of urea groups is 1. The molecule has 0 aromatic heterocycles. The van der Waals surface area contributed by atoms with E-state index in [0.717, 1.165) is 19.3 Å². The third-order valence-corrected chi connectivity index (χ3v) is 3.89. The fraction of sp³-hybridized carbons (Fsp3) is 0.938. The molecule has 1 saturated carbocycles. The summed E-state index contributed by atoms with van der Waals surface area (Å²) in [4.78, 5) is 18.0. The molecule has 3 N–H and O–H groups in total. The second-order valence-corrected chi connectivity index (χ2v) is 6.36. The minimum atomic E-state index is -0.117. The highest BCUT2D eigenvalue weighted by molar-refractivity contribution is 5.73. The standard InChI is InChI=1S/C16H33N3O2/c1-14(2)18-16(20)19(12-8-4-7-11-17)21-13-15-9-5-3-6-10-15/h14-15H,3-13,17H2,1-2H3,(H,18,20). The highest BCUT2D eigenvalue weighted by atomic mass is 16.7. The second-order valence-electron chi connectivity index (χ2n) is 6.36. The van der Waals surface area contributed by atoms with Crippen molar-refractivity contribution in [2.24, 2.45) is 11.7 Å². The van der Waals surface area contributed by atoms with Gasteiger partial charge in [0.1, 0.15) is 0 Å². The van der Waals surface area contributed by atoms with E-state index < -0.39 is 0 Å². The van der Waals surface area contributed by atoms with Crippen LogP contribution in [-0.2, 0) is 4.84 Å². The Balaban J connectivity index is 2.35. The van der Waals surface area contributed by atoms with E-state index in [2.05, 4.69) is 5.32 Å². The second kappa shape index (κ2) is 10.9. The monoisotopic (exact) mass is 299 g/mol. The van der Waals surface area contributed by atoms with Gasteiger partial charge in [0.25, 0.3) is 0 Å². The zero-order valence-corrected chi connectivity index (χ0v) is 13.8. The van der Waals surface area contributed by atoms with E-state index in [1.165, 1.54) is 37.2 Å². The summed E-state index contributed by atoms with van der Waals surface area (Å²) in [5.41, 5.74) is 5.50. The lowest BCUT2D eigenvalue weighted by Crippen LogP contribution is -2.44. The summed E-state index contributed by atoms with van der Waals surface area (Å²) in [5.74, 6) is 0.608. The predicted molar refractivity (Wildman–Crippen MR) is 85.8 cm³/mol. The van der Waals surface area contributed by atoms with E-state index >= 15 is 0 Å². The van der Waals surface area contributed by atoms with Gasteiger partial charge in [-0.25, -0.2) is 9.86 Å². The first-order chi connectivity index (χ1) is 10.1. The van der Waals surface area contributed by atoms with E-state index in [4.69, 9.17) is 10.6 Å². The van der Waals surface area contributed by atoms with Crippen molar-refractivity contribution in [2.75, 3.05) is 19.7 Å². The highest BCUT2D eigenvalue weighted by Crippen LogP contribution is 2.24. The molecule has 5 nitrogen and oxygen atoms in total. The molecule has 0 spiro atoms. The summed E-state index contributed by atoms with van der Waals surface area (Å²) >= 11 is 0. The Labute approximate surface area is 129 Å². The maximum Gasteiger partial charge on any atom is 0.341 e. The average Bonchev–Trinajstić information content (AvgIpc) is 2.46. The summed E-state index contributed by atoms with van der Waals surface area (Å²) in [7, 11) is 0. The first-order valence-corrected chi connectivity index (χ1v) is 8.54. The minimum absolute atomic E-state index is 0.117. The molecule has 0 aliphatic heterocycles. The molecular formula is C16H33N3O2. The molecule has 5 heteroatoms. The van der Waals surface area contributed by atoms with Crippen LogP contribution in [0.5, 0.6) is 0 Å². The van der Waals surface area contributed by atoms with Crippen molar-refractivity contribution >= 4 is 6.03 Å². The molecule has 0 unspecified atom stereocenters. The Morgan fingerprint density at radius 2 is 1.95 bits per heavy atom. The zero-order valence-electron chi connectivity index (χ0n) is 13.8. The first-order valence-electron chi connectivity index (χ1n) is 8.54. The van der Waals surface area contributed by atoms with E-state index in [0.29, 0.717) is 25.6 Å². The Bertz CT molecular complexity index is 279. The number of nitrogens with one attached hydrogen (secondary N) is 1. The molecule has 0 heterocycles. The molecule has 0 bridgehead atoms. The largest absolute Gasteiger partial charge is 0.341 e. The van der Waals surface area contributed by atoms with Gasteiger partial charge in [-0.2, -0.15) is 0 Å². The number of hydroxylamine groups is 2. The van der Waals surface area contributed by atoms with E-state index in [1.807, 2.05) is 13.8 Å². The molecule has 0 atom stereocenters. The van der Waals surface area contributed by atoms with Crippen molar-refractivity contribution in [3.8, 4) is 0 Å². The first kappa shape index (κ1) is 18.2. The van der Waals surface area contributed by atoms with Gasteiger partial charge in [-0.1, -0.05) is 25.7 Å². The van der Waals surface area contributed by atoms with Crippen LogP contribution in [0.15, 0.2) is 0 Å². The van der Waals surface area contributed by atoms with Crippen LogP contribution in [0.3, 0.4) is 0 Å². The van der Waals surface area contributed by atoms with Crippen molar-refractivity contribution in [3.05, 3.63) is 0 Å². The average molecular weight is 299 g/mol. The topological polar surface area (TPSA) is 67.6 Å². The Morgan fingerprint density at radius 3 is 2.57 bits per heavy atom. The van der Waals surface area contributed by atoms with Crippen molar-refractivity contribution in [3.63, 3.8) is 0 Å². The van der Waals surface area contributed by atoms with Gasteiger partial charge in [0, 0.05) is 6.04 Å². The van der Waals surface area contributed by atoms with Crippen molar-refractivity contribution in [2.45, 2.75) is 71.3 Å². The molecule has 124 valence electrons. The van der Waals surface area contributed by atoms with Crippen LogP contribution < -0.4 is 11.1 Å². The third kappa shape index (κ3) is 8.27. The van der Waals surface area contributed by atoms with Crippen LogP contribution in [-0.4, -0.2) is 36.8 Å². The number of nitrogens with two attached hydrogens (primary N) is 1. The van der Waals surface area contributed by atoms with E-state index in [9.17, 15) is 4.79 Å². The number of rotatable bonds is 9. The van der Waals surface area contributed by atoms with Gasteiger partial charge in [-0.3, -0.25) is 4.84 Å². The molecule has 1 aliphatic rings. The van der Waals surface area contributed by atoms with Crippen LogP contribution >= 0.6 is 0 Å². The lowest BCUT2D eigenvalue weighted by atomic mass is 9.90. The van der Waals surface area contributed by atoms with Gasteiger partial charge < -0.3 is 11.1 Å². The lowest BCUT2D eigenvalue weighted by molar-refractivity contribution is -0.133. The molecule has 0 saturated heterocycles. The van der Waals surface area contributed by atoms with Gasteiger partial charge in [0.05, 0.1) is 13.2 Å². The summed E-state index contributed by atoms with van der Waals surface area (Å²) in [6, 6.07) is 0.0101. The number of hydrogen-bond acceptors (Lipinski definition) is 3. The van der Waals surface area contributed by atoms with Crippen LogP contribution in [0, 0.1) is 5.92 Å². The molecule has 21 heavy (non-hydrogen) atoms. The molecule has 0 radical (unpaired) electrons. The van der Waals surface area contributed by atoms with Crippen LogP contribution in [0.2, 0.25) is 0 Å². The van der Waals surface area contributed by atoms with Gasteiger partial charge >= 0.3 is 6.03 Å². The number of unbranched alkanes of at least 4 members (excludes halogenated alkanes) is 2. The molecule has 1 rings (SSSR count). The SMILES string of the molecule is CC(C)NC(=O)N(CCCCCN)OCC1CCCCC1. The van der Waals surface area contributed by atoms with Crippen LogP contribution in [0.1, 0.15) is 65.2 Å². The maximum absolute atomic E-state index is 12.2. The summed E-state index contributed by atoms with van der Waals surface area (Å²) in [6.07, 6.45) is 9.36. The number of carbonyl (C=O) groups is 1. The summed E-state index contributed by atoms with van der Waals surface area (Å²) in [5, 5.41) is 4.43. The number of carbonyl (C=O) groups excluding carboxylic acids is 1.